The Hall–Kier alpha value is -4.11. The molecule has 4 aromatic rings. The Morgan fingerprint density at radius 3 is 2.37 bits per heavy atom. The molecule has 0 aliphatic rings. The van der Waals surface area contributed by atoms with Crippen molar-refractivity contribution >= 4 is 21.6 Å². The van der Waals surface area contributed by atoms with Gasteiger partial charge in [-0.15, -0.1) is 0 Å². The third kappa shape index (κ3) is 6.07. The van der Waals surface area contributed by atoms with Crippen molar-refractivity contribution in [3.63, 3.8) is 0 Å². The third-order valence-corrected chi connectivity index (χ3v) is 6.99. The van der Waals surface area contributed by atoms with E-state index < -0.39 is 10.0 Å². The van der Waals surface area contributed by atoms with Gasteiger partial charge in [-0.1, -0.05) is 30.3 Å². The highest BCUT2D eigenvalue weighted by atomic mass is 32.2. The number of benzene rings is 3. The van der Waals surface area contributed by atoms with Crippen LogP contribution < -0.4 is 14.8 Å². The molecule has 9 heteroatoms. The van der Waals surface area contributed by atoms with Gasteiger partial charge in [0.05, 0.1) is 18.6 Å². The molecule has 8 nitrogen and oxygen atoms in total. The number of aromatic nitrogens is 2. The molecule has 1 aromatic heterocycles. The van der Waals surface area contributed by atoms with Crippen molar-refractivity contribution in [3.05, 3.63) is 107 Å². The molecule has 1 amide bonds. The largest absolute Gasteiger partial charge is 0.497 e. The second-order valence-corrected chi connectivity index (χ2v) is 9.67. The molecule has 0 bridgehead atoms. The van der Waals surface area contributed by atoms with Crippen molar-refractivity contribution in [3.8, 4) is 5.75 Å². The molecule has 180 valence electrons. The van der Waals surface area contributed by atoms with E-state index in [0.29, 0.717) is 30.1 Å². The number of rotatable bonds is 9. The molecule has 0 spiro atoms. The Kier molecular flexibility index (Phi) is 7.17. The van der Waals surface area contributed by atoms with Crippen molar-refractivity contribution in [1.29, 1.82) is 0 Å². The van der Waals surface area contributed by atoms with E-state index in [4.69, 9.17) is 4.74 Å². The molecular formula is C26H26N4O4S. The summed E-state index contributed by atoms with van der Waals surface area (Å²) in [5, 5.41) is 7.05. The van der Waals surface area contributed by atoms with Gasteiger partial charge in [-0.2, -0.15) is 5.10 Å². The highest BCUT2D eigenvalue weighted by Crippen LogP contribution is 2.22. The van der Waals surface area contributed by atoms with E-state index in [1.54, 1.807) is 49.5 Å². The van der Waals surface area contributed by atoms with Crippen molar-refractivity contribution in [1.82, 2.24) is 15.1 Å². The summed E-state index contributed by atoms with van der Waals surface area (Å²) in [7, 11) is -2.35. The first-order valence-corrected chi connectivity index (χ1v) is 12.4. The number of amides is 1. The van der Waals surface area contributed by atoms with E-state index in [0.717, 1.165) is 11.1 Å². The van der Waals surface area contributed by atoms with E-state index in [-0.39, 0.29) is 16.4 Å². The highest BCUT2D eigenvalue weighted by Gasteiger charge is 2.19. The number of carbonyl (C=O) groups excluding carboxylic acids is 1. The lowest BCUT2D eigenvalue weighted by Crippen LogP contribution is -2.23. The zero-order valence-corrected chi connectivity index (χ0v) is 20.2. The number of nitrogens with zero attached hydrogens (tertiary/aromatic N) is 2. The molecule has 1 heterocycles. The number of sulfonamides is 1. The topological polar surface area (TPSA) is 102 Å². The van der Waals surface area contributed by atoms with Crippen LogP contribution in [0.1, 0.15) is 27.0 Å². The number of nitrogens with one attached hydrogen (secondary N) is 2. The van der Waals surface area contributed by atoms with Crippen molar-refractivity contribution in [2.45, 2.75) is 24.9 Å². The fourth-order valence-corrected chi connectivity index (χ4v) is 4.86. The van der Waals surface area contributed by atoms with E-state index in [9.17, 15) is 13.2 Å². The lowest BCUT2D eigenvalue weighted by molar-refractivity contribution is 0.0950. The molecule has 0 saturated heterocycles. The van der Waals surface area contributed by atoms with Gasteiger partial charge in [-0.05, 0) is 66.1 Å². The first-order valence-electron chi connectivity index (χ1n) is 10.9. The van der Waals surface area contributed by atoms with Crippen LogP contribution in [0, 0.1) is 6.92 Å². The average molecular weight is 491 g/mol. The van der Waals surface area contributed by atoms with Crippen molar-refractivity contribution in [2.24, 2.45) is 0 Å². The minimum atomic E-state index is -3.89. The van der Waals surface area contributed by atoms with Crippen LogP contribution in [0.5, 0.6) is 5.75 Å². The van der Waals surface area contributed by atoms with Crippen LogP contribution in [0.15, 0.2) is 90.1 Å². The highest BCUT2D eigenvalue weighted by molar-refractivity contribution is 7.92. The number of aryl methyl sites for hydroxylation is 1. The molecule has 0 unspecified atom stereocenters. The Balaban J connectivity index is 1.42. The van der Waals surface area contributed by atoms with E-state index in [1.165, 1.54) is 13.2 Å². The molecule has 2 N–H and O–H groups in total. The molecule has 0 fully saturated rings. The van der Waals surface area contributed by atoms with E-state index >= 15 is 0 Å². The summed E-state index contributed by atoms with van der Waals surface area (Å²) >= 11 is 0. The number of hydrogen-bond acceptors (Lipinski definition) is 5. The minimum Gasteiger partial charge on any atom is -0.497 e. The summed E-state index contributed by atoms with van der Waals surface area (Å²) in [6.45, 7) is 2.68. The summed E-state index contributed by atoms with van der Waals surface area (Å²) in [5.41, 5.74) is 3.23. The number of methoxy groups -OCH3 is 1. The molecular weight excluding hydrogens is 464 g/mol. The Morgan fingerprint density at radius 1 is 1.00 bits per heavy atom. The maximum atomic E-state index is 13.0. The van der Waals surface area contributed by atoms with Crippen LogP contribution >= 0.6 is 0 Å². The Labute approximate surface area is 204 Å². The van der Waals surface area contributed by atoms with Gasteiger partial charge in [0.1, 0.15) is 5.75 Å². The molecule has 0 saturated carbocycles. The summed E-state index contributed by atoms with van der Waals surface area (Å²) in [4.78, 5) is 12.8. The van der Waals surface area contributed by atoms with Gasteiger partial charge in [0, 0.05) is 30.2 Å². The maximum Gasteiger partial charge on any atom is 0.262 e. The first-order chi connectivity index (χ1) is 16.8. The van der Waals surface area contributed by atoms with Crippen molar-refractivity contribution in [2.75, 3.05) is 11.8 Å². The summed E-state index contributed by atoms with van der Waals surface area (Å²) in [5.74, 6) is 0.266. The molecule has 35 heavy (non-hydrogen) atoms. The molecule has 0 aliphatic heterocycles. The second kappa shape index (κ2) is 10.4. The molecule has 0 radical (unpaired) electrons. The normalized spacial score (nSPS) is 11.1. The minimum absolute atomic E-state index is 0.0453. The van der Waals surface area contributed by atoms with Crippen LogP contribution in [0.25, 0.3) is 0 Å². The molecule has 4 rings (SSSR count). The molecule has 0 aliphatic carbocycles. The fourth-order valence-electron chi connectivity index (χ4n) is 3.53. The Morgan fingerprint density at radius 2 is 1.71 bits per heavy atom. The quantitative estimate of drug-likeness (QED) is 0.370. The van der Waals surface area contributed by atoms with E-state index in [2.05, 4.69) is 15.1 Å². The van der Waals surface area contributed by atoms with Crippen LogP contribution in [0.4, 0.5) is 5.69 Å². The SMILES string of the molecule is COc1ccc(NS(=O)(=O)c2cc(C(=O)NCc3ccc(Cn4cccn4)cc3)ccc2C)cc1. The van der Waals surface area contributed by atoms with Gasteiger partial charge in [-0.3, -0.25) is 14.2 Å². The fraction of sp³-hybridized carbons (Fsp3) is 0.154. The van der Waals surface area contributed by atoms with Crippen LogP contribution in [-0.2, 0) is 23.1 Å². The first kappa shape index (κ1) is 24.0. The predicted octanol–water partition coefficient (Wildman–Crippen LogP) is 3.98. The zero-order chi connectivity index (χ0) is 24.8. The standard InChI is InChI=1S/C26H26N4O4S/c1-19-4-9-22(16-25(19)35(32,33)29-23-10-12-24(34-2)13-11-23)26(31)27-17-20-5-7-21(8-6-20)18-30-15-3-14-28-30/h3-16,29H,17-18H2,1-2H3,(H,27,31). The van der Waals surface area contributed by atoms with Gasteiger partial charge in [-0.25, -0.2) is 8.42 Å². The summed E-state index contributed by atoms with van der Waals surface area (Å²) < 4.78 is 35.5. The van der Waals surface area contributed by atoms with E-state index in [1.807, 2.05) is 41.2 Å². The molecule has 3 aromatic carbocycles. The second-order valence-electron chi connectivity index (χ2n) is 8.02. The monoisotopic (exact) mass is 490 g/mol. The Bertz CT molecular complexity index is 1400. The lowest BCUT2D eigenvalue weighted by Gasteiger charge is -2.13. The van der Waals surface area contributed by atoms with Crippen LogP contribution in [0.2, 0.25) is 0 Å². The number of carbonyl (C=O) groups is 1. The van der Waals surface area contributed by atoms with Gasteiger partial charge < -0.3 is 10.1 Å². The van der Waals surface area contributed by atoms with Gasteiger partial charge >= 0.3 is 0 Å². The van der Waals surface area contributed by atoms with Gasteiger partial charge in [0.2, 0.25) is 0 Å². The van der Waals surface area contributed by atoms with Crippen LogP contribution in [0.3, 0.4) is 0 Å². The maximum absolute atomic E-state index is 13.0. The third-order valence-electron chi connectivity index (χ3n) is 5.46. The van der Waals surface area contributed by atoms with Crippen LogP contribution in [-0.4, -0.2) is 31.2 Å². The number of anilines is 1. The average Bonchev–Trinajstić information content (AvgIpc) is 3.37. The summed E-state index contributed by atoms with van der Waals surface area (Å²) in [6.07, 6.45) is 3.64. The zero-order valence-electron chi connectivity index (χ0n) is 19.4. The smallest absolute Gasteiger partial charge is 0.262 e. The number of ether oxygens (including phenoxy) is 1. The van der Waals surface area contributed by atoms with Gasteiger partial charge in [0.25, 0.3) is 15.9 Å². The number of hydrogen-bond donors (Lipinski definition) is 2. The van der Waals surface area contributed by atoms with Gasteiger partial charge in [0.15, 0.2) is 0 Å². The van der Waals surface area contributed by atoms with Crippen molar-refractivity contribution < 1.29 is 17.9 Å². The lowest BCUT2D eigenvalue weighted by atomic mass is 10.1. The summed E-state index contributed by atoms with van der Waals surface area (Å²) in [6, 6.07) is 20.9. The predicted molar refractivity (Wildman–Crippen MR) is 134 cm³/mol. The molecule has 0 atom stereocenters.